The summed E-state index contributed by atoms with van der Waals surface area (Å²) in [5.41, 5.74) is 4.55. The second-order valence-corrected chi connectivity index (χ2v) is 5.83. The number of anilines is 1. The number of fused-ring (bicyclic) bond motifs is 1. The van der Waals surface area contributed by atoms with E-state index in [2.05, 4.69) is 33.3 Å². The minimum absolute atomic E-state index is 0.889. The summed E-state index contributed by atoms with van der Waals surface area (Å²) in [4.78, 5) is 5.16. The summed E-state index contributed by atoms with van der Waals surface area (Å²) in [6.07, 6.45) is 2.83. The third-order valence-corrected chi connectivity index (χ3v) is 4.48. The molecular formula is C15H21N3. The van der Waals surface area contributed by atoms with Gasteiger partial charge in [-0.05, 0) is 36.1 Å². The van der Waals surface area contributed by atoms with Gasteiger partial charge in [-0.2, -0.15) is 0 Å². The van der Waals surface area contributed by atoms with E-state index in [0.29, 0.717) is 0 Å². The SMILES string of the molecule is c1cc2c(cc1N1CCNCC1)CN(C1CC1)C2. The third kappa shape index (κ3) is 1.91. The van der Waals surface area contributed by atoms with Crippen LogP contribution in [0.2, 0.25) is 0 Å². The summed E-state index contributed by atoms with van der Waals surface area (Å²) < 4.78 is 0. The normalized spacial score (nSPS) is 24.3. The van der Waals surface area contributed by atoms with Crippen molar-refractivity contribution in [2.24, 2.45) is 0 Å². The summed E-state index contributed by atoms with van der Waals surface area (Å²) in [6.45, 7) is 6.88. The molecule has 0 atom stereocenters. The van der Waals surface area contributed by atoms with Crippen LogP contribution in [0.1, 0.15) is 24.0 Å². The Bertz CT molecular complexity index is 447. The van der Waals surface area contributed by atoms with Crippen molar-refractivity contribution < 1.29 is 0 Å². The molecule has 2 heterocycles. The molecule has 0 spiro atoms. The molecule has 0 bridgehead atoms. The van der Waals surface area contributed by atoms with Crippen LogP contribution in [0, 0.1) is 0 Å². The van der Waals surface area contributed by atoms with Crippen LogP contribution in [0.5, 0.6) is 0 Å². The van der Waals surface area contributed by atoms with Crippen LogP contribution in [-0.4, -0.2) is 37.1 Å². The molecule has 96 valence electrons. The predicted molar refractivity (Wildman–Crippen MR) is 73.8 cm³/mol. The summed E-state index contributed by atoms with van der Waals surface area (Å²) in [7, 11) is 0. The molecule has 18 heavy (non-hydrogen) atoms. The molecule has 0 aromatic heterocycles. The van der Waals surface area contributed by atoms with E-state index in [0.717, 1.165) is 32.2 Å². The van der Waals surface area contributed by atoms with E-state index in [-0.39, 0.29) is 0 Å². The Hall–Kier alpha value is -1.06. The summed E-state index contributed by atoms with van der Waals surface area (Å²) in [5, 5.41) is 3.42. The van der Waals surface area contributed by atoms with Gasteiger partial charge in [0.05, 0.1) is 0 Å². The molecule has 3 heteroatoms. The number of nitrogens with one attached hydrogen (secondary N) is 1. The highest BCUT2D eigenvalue weighted by Crippen LogP contribution is 2.35. The number of nitrogens with zero attached hydrogens (tertiary/aromatic N) is 2. The fraction of sp³-hybridized carbons (Fsp3) is 0.600. The van der Waals surface area contributed by atoms with Crippen molar-refractivity contribution in [3.8, 4) is 0 Å². The zero-order chi connectivity index (χ0) is 11.9. The molecule has 2 aliphatic heterocycles. The van der Waals surface area contributed by atoms with Crippen LogP contribution in [0.4, 0.5) is 5.69 Å². The molecule has 1 saturated carbocycles. The molecular weight excluding hydrogens is 222 g/mol. The number of hydrogen-bond donors (Lipinski definition) is 1. The molecule has 4 rings (SSSR count). The molecule has 2 fully saturated rings. The van der Waals surface area contributed by atoms with Gasteiger partial charge in [0.1, 0.15) is 0 Å². The van der Waals surface area contributed by atoms with Crippen LogP contribution >= 0.6 is 0 Å². The van der Waals surface area contributed by atoms with E-state index in [1.807, 2.05) is 0 Å². The minimum Gasteiger partial charge on any atom is -0.369 e. The Labute approximate surface area is 109 Å². The zero-order valence-corrected chi connectivity index (χ0v) is 10.9. The zero-order valence-electron chi connectivity index (χ0n) is 10.9. The van der Waals surface area contributed by atoms with Gasteiger partial charge in [-0.15, -0.1) is 0 Å². The second-order valence-electron chi connectivity index (χ2n) is 5.83. The predicted octanol–water partition coefficient (Wildman–Crippen LogP) is 1.57. The average molecular weight is 243 g/mol. The molecule has 1 N–H and O–H groups in total. The number of piperazine rings is 1. The van der Waals surface area contributed by atoms with Crippen molar-refractivity contribution in [3.63, 3.8) is 0 Å². The van der Waals surface area contributed by atoms with Crippen molar-refractivity contribution in [2.45, 2.75) is 32.0 Å². The van der Waals surface area contributed by atoms with Gasteiger partial charge in [-0.3, -0.25) is 4.90 Å². The summed E-state index contributed by atoms with van der Waals surface area (Å²) >= 11 is 0. The fourth-order valence-electron chi connectivity index (χ4n) is 3.22. The Kier molecular flexibility index (Phi) is 2.55. The third-order valence-electron chi connectivity index (χ3n) is 4.48. The average Bonchev–Trinajstić information content (AvgIpc) is 3.19. The van der Waals surface area contributed by atoms with Crippen LogP contribution < -0.4 is 10.2 Å². The smallest absolute Gasteiger partial charge is 0.0370 e. The topological polar surface area (TPSA) is 18.5 Å². The monoisotopic (exact) mass is 243 g/mol. The first-order chi connectivity index (χ1) is 8.90. The summed E-state index contributed by atoms with van der Waals surface area (Å²) in [6, 6.07) is 8.00. The van der Waals surface area contributed by atoms with Gasteiger partial charge in [0.25, 0.3) is 0 Å². The largest absolute Gasteiger partial charge is 0.369 e. The van der Waals surface area contributed by atoms with Gasteiger partial charge in [0.15, 0.2) is 0 Å². The standard InChI is InChI=1S/C15H21N3/c1-2-15(17-7-5-16-6-8-17)9-13-11-18(10-12(1)13)14-3-4-14/h1-2,9,14,16H,3-8,10-11H2. The molecule has 1 saturated heterocycles. The van der Waals surface area contributed by atoms with E-state index in [4.69, 9.17) is 0 Å². The van der Waals surface area contributed by atoms with Gasteiger partial charge in [-0.1, -0.05) is 6.07 Å². The lowest BCUT2D eigenvalue weighted by atomic mass is 10.1. The highest BCUT2D eigenvalue weighted by Gasteiger charge is 2.33. The molecule has 1 aliphatic carbocycles. The first-order valence-electron chi connectivity index (χ1n) is 7.22. The molecule has 1 aromatic carbocycles. The molecule has 0 amide bonds. The van der Waals surface area contributed by atoms with Gasteiger partial charge in [0, 0.05) is 51.0 Å². The van der Waals surface area contributed by atoms with Crippen molar-refractivity contribution >= 4 is 5.69 Å². The van der Waals surface area contributed by atoms with Gasteiger partial charge in [0.2, 0.25) is 0 Å². The van der Waals surface area contributed by atoms with Crippen LogP contribution in [0.25, 0.3) is 0 Å². The van der Waals surface area contributed by atoms with Crippen LogP contribution in [-0.2, 0) is 13.1 Å². The molecule has 3 aliphatic rings. The van der Waals surface area contributed by atoms with E-state index in [1.54, 1.807) is 11.1 Å². The van der Waals surface area contributed by atoms with Crippen molar-refractivity contribution in [2.75, 3.05) is 31.1 Å². The Balaban J connectivity index is 1.55. The van der Waals surface area contributed by atoms with Crippen molar-refractivity contribution in [1.82, 2.24) is 10.2 Å². The van der Waals surface area contributed by atoms with Gasteiger partial charge >= 0.3 is 0 Å². The quantitative estimate of drug-likeness (QED) is 0.850. The molecule has 3 nitrogen and oxygen atoms in total. The number of rotatable bonds is 2. The highest BCUT2D eigenvalue weighted by molar-refractivity contribution is 5.52. The lowest BCUT2D eigenvalue weighted by molar-refractivity contribution is 0.273. The maximum atomic E-state index is 3.42. The Morgan fingerprint density at radius 1 is 1.00 bits per heavy atom. The van der Waals surface area contributed by atoms with Crippen molar-refractivity contribution in [1.29, 1.82) is 0 Å². The van der Waals surface area contributed by atoms with Crippen molar-refractivity contribution in [3.05, 3.63) is 29.3 Å². The number of hydrogen-bond acceptors (Lipinski definition) is 3. The van der Waals surface area contributed by atoms with Gasteiger partial charge < -0.3 is 10.2 Å². The first kappa shape index (κ1) is 10.8. The van der Waals surface area contributed by atoms with E-state index < -0.39 is 0 Å². The lowest BCUT2D eigenvalue weighted by Crippen LogP contribution is -2.43. The van der Waals surface area contributed by atoms with Gasteiger partial charge in [-0.25, -0.2) is 0 Å². The Morgan fingerprint density at radius 2 is 1.78 bits per heavy atom. The first-order valence-corrected chi connectivity index (χ1v) is 7.22. The number of benzene rings is 1. The highest BCUT2D eigenvalue weighted by atomic mass is 15.2. The summed E-state index contributed by atoms with van der Waals surface area (Å²) in [5.74, 6) is 0. The van der Waals surface area contributed by atoms with Crippen LogP contribution in [0.15, 0.2) is 18.2 Å². The van der Waals surface area contributed by atoms with E-state index in [1.165, 1.54) is 31.6 Å². The lowest BCUT2D eigenvalue weighted by Gasteiger charge is -2.29. The second kappa shape index (κ2) is 4.25. The minimum atomic E-state index is 0.889. The molecule has 0 unspecified atom stereocenters. The Morgan fingerprint density at radius 3 is 2.56 bits per heavy atom. The maximum Gasteiger partial charge on any atom is 0.0370 e. The van der Waals surface area contributed by atoms with Crippen LogP contribution in [0.3, 0.4) is 0 Å². The van der Waals surface area contributed by atoms with E-state index in [9.17, 15) is 0 Å². The maximum absolute atomic E-state index is 3.42. The molecule has 1 aromatic rings. The van der Waals surface area contributed by atoms with E-state index >= 15 is 0 Å². The fourth-order valence-corrected chi connectivity index (χ4v) is 3.22. The molecule has 0 radical (unpaired) electrons.